The summed E-state index contributed by atoms with van der Waals surface area (Å²) < 4.78 is 28.0. The summed E-state index contributed by atoms with van der Waals surface area (Å²) in [5, 5.41) is 6.65. The molecule has 0 spiro atoms. The monoisotopic (exact) mass is 552 g/mol. The summed E-state index contributed by atoms with van der Waals surface area (Å²) in [5.41, 5.74) is 2.70. The molecular weight excluding hydrogens is 525 g/mol. The van der Waals surface area contributed by atoms with Gasteiger partial charge in [-0.15, -0.1) is 11.3 Å². The second kappa shape index (κ2) is 11.3. The molecule has 0 bridgehead atoms. The highest BCUT2D eigenvalue weighted by molar-refractivity contribution is 8.00. The van der Waals surface area contributed by atoms with E-state index in [0.29, 0.717) is 12.2 Å². The summed E-state index contributed by atoms with van der Waals surface area (Å²) in [6.45, 7) is 2.59. The van der Waals surface area contributed by atoms with Crippen molar-refractivity contribution in [3.05, 3.63) is 66.3 Å². The molecule has 0 saturated carbocycles. The number of benzene rings is 2. The van der Waals surface area contributed by atoms with Crippen molar-refractivity contribution in [2.75, 3.05) is 17.6 Å². The molecule has 192 valence electrons. The average Bonchev–Trinajstić information content (AvgIpc) is 3.37. The van der Waals surface area contributed by atoms with Crippen LogP contribution in [0.25, 0.3) is 21.3 Å². The van der Waals surface area contributed by atoms with Gasteiger partial charge in [0.15, 0.2) is 0 Å². The maximum absolute atomic E-state index is 13.2. The molecule has 10 heteroatoms. The normalized spacial score (nSPS) is 16.6. The number of sulfonamides is 1. The van der Waals surface area contributed by atoms with Crippen LogP contribution < -0.4 is 5.32 Å². The topological polar surface area (TPSA) is 92.3 Å². The maximum atomic E-state index is 13.2. The summed E-state index contributed by atoms with van der Waals surface area (Å²) in [5.74, 6) is -0.0201. The van der Waals surface area contributed by atoms with E-state index in [2.05, 4.69) is 20.7 Å². The number of nitrogens with zero attached hydrogens (tertiary/aromatic N) is 3. The fourth-order valence-corrected chi connectivity index (χ4v) is 8.22. The van der Waals surface area contributed by atoms with Crippen LogP contribution in [0.1, 0.15) is 32.6 Å². The van der Waals surface area contributed by atoms with Crippen molar-refractivity contribution in [1.82, 2.24) is 14.3 Å². The first-order valence-corrected chi connectivity index (χ1v) is 15.6. The first-order chi connectivity index (χ1) is 18.0. The van der Waals surface area contributed by atoms with E-state index in [-0.39, 0.29) is 22.6 Å². The lowest BCUT2D eigenvalue weighted by molar-refractivity contribution is -0.113. The van der Waals surface area contributed by atoms with Gasteiger partial charge in [-0.25, -0.2) is 18.4 Å². The van der Waals surface area contributed by atoms with E-state index in [1.54, 1.807) is 39.9 Å². The molecule has 3 heterocycles. The molecule has 0 radical (unpaired) electrons. The first-order valence-electron chi connectivity index (χ1n) is 12.3. The number of fused-ring (bicyclic) bond motifs is 1. The highest BCUT2D eigenvalue weighted by Gasteiger charge is 2.32. The van der Waals surface area contributed by atoms with Crippen molar-refractivity contribution in [3.8, 4) is 11.1 Å². The number of amides is 1. The Kier molecular flexibility index (Phi) is 7.89. The Labute approximate surface area is 225 Å². The molecule has 1 unspecified atom stereocenters. The SMILES string of the molecule is CCC1CCCCN1S(=O)(=O)c1ccc(NC(=O)CSc2ncnc3scc(-c4ccccc4)c23)cc1. The fourth-order valence-electron chi connectivity index (χ4n) is 4.66. The molecule has 1 aliphatic rings. The van der Waals surface area contributed by atoms with Gasteiger partial charge < -0.3 is 5.32 Å². The molecule has 2 aromatic heterocycles. The number of carbonyl (C=O) groups is 1. The Morgan fingerprint density at radius 1 is 1.11 bits per heavy atom. The molecule has 1 fully saturated rings. The predicted molar refractivity (Wildman–Crippen MR) is 150 cm³/mol. The molecule has 1 saturated heterocycles. The van der Waals surface area contributed by atoms with E-state index < -0.39 is 10.0 Å². The lowest BCUT2D eigenvalue weighted by Crippen LogP contribution is -2.43. The van der Waals surface area contributed by atoms with Crippen LogP contribution in [0, 0.1) is 0 Å². The number of anilines is 1. The van der Waals surface area contributed by atoms with E-state index in [0.717, 1.165) is 52.1 Å². The number of aromatic nitrogens is 2. The van der Waals surface area contributed by atoms with Gasteiger partial charge in [0.1, 0.15) is 16.2 Å². The Morgan fingerprint density at radius 2 is 1.89 bits per heavy atom. The van der Waals surface area contributed by atoms with Crippen LogP contribution in [-0.4, -0.2) is 46.9 Å². The number of piperidine rings is 1. The van der Waals surface area contributed by atoms with Crippen LogP contribution in [0.5, 0.6) is 0 Å². The number of thioether (sulfide) groups is 1. The van der Waals surface area contributed by atoms with E-state index in [4.69, 9.17) is 0 Å². The zero-order chi connectivity index (χ0) is 25.8. The quantitative estimate of drug-likeness (QED) is 0.212. The number of carbonyl (C=O) groups excluding carboxylic acids is 1. The van der Waals surface area contributed by atoms with E-state index in [9.17, 15) is 13.2 Å². The summed E-state index contributed by atoms with van der Waals surface area (Å²) in [6, 6.07) is 16.6. The molecule has 1 aliphatic heterocycles. The highest BCUT2D eigenvalue weighted by Crippen LogP contribution is 2.37. The van der Waals surface area contributed by atoms with Crippen LogP contribution in [0.2, 0.25) is 0 Å². The van der Waals surface area contributed by atoms with Gasteiger partial charge in [-0.2, -0.15) is 4.31 Å². The molecule has 7 nitrogen and oxygen atoms in total. The summed E-state index contributed by atoms with van der Waals surface area (Å²) in [7, 11) is -3.55. The van der Waals surface area contributed by atoms with Gasteiger partial charge in [-0.3, -0.25) is 4.79 Å². The number of rotatable bonds is 8. The number of hydrogen-bond donors (Lipinski definition) is 1. The van der Waals surface area contributed by atoms with Crippen molar-refractivity contribution >= 4 is 54.9 Å². The Bertz CT molecular complexity index is 1490. The fraction of sp³-hybridized carbons (Fsp3) is 0.296. The van der Waals surface area contributed by atoms with Crippen molar-refractivity contribution in [2.24, 2.45) is 0 Å². The van der Waals surface area contributed by atoms with Gasteiger partial charge in [-0.05, 0) is 49.1 Å². The Morgan fingerprint density at radius 3 is 2.65 bits per heavy atom. The smallest absolute Gasteiger partial charge is 0.243 e. The molecule has 4 aromatic rings. The van der Waals surface area contributed by atoms with Gasteiger partial charge in [0, 0.05) is 29.2 Å². The van der Waals surface area contributed by atoms with Gasteiger partial charge >= 0.3 is 0 Å². The highest BCUT2D eigenvalue weighted by atomic mass is 32.2. The minimum atomic E-state index is -3.55. The zero-order valence-corrected chi connectivity index (χ0v) is 22.9. The summed E-state index contributed by atoms with van der Waals surface area (Å²) in [6.07, 6.45) is 5.19. The number of hydrogen-bond acceptors (Lipinski definition) is 7. The second-order valence-electron chi connectivity index (χ2n) is 8.91. The zero-order valence-electron chi connectivity index (χ0n) is 20.5. The molecule has 37 heavy (non-hydrogen) atoms. The van der Waals surface area contributed by atoms with Gasteiger partial charge in [0.05, 0.1) is 16.0 Å². The van der Waals surface area contributed by atoms with Crippen LogP contribution in [0.3, 0.4) is 0 Å². The predicted octanol–water partition coefficient (Wildman–Crippen LogP) is 6.04. The van der Waals surface area contributed by atoms with Crippen LogP contribution in [0.15, 0.2) is 76.2 Å². The van der Waals surface area contributed by atoms with E-state index in [1.165, 1.54) is 18.1 Å². The average molecular weight is 553 g/mol. The van der Waals surface area contributed by atoms with Crippen molar-refractivity contribution in [3.63, 3.8) is 0 Å². The van der Waals surface area contributed by atoms with Crippen molar-refractivity contribution < 1.29 is 13.2 Å². The third-order valence-electron chi connectivity index (χ3n) is 6.55. The third kappa shape index (κ3) is 5.57. The van der Waals surface area contributed by atoms with Gasteiger partial charge in [0.2, 0.25) is 15.9 Å². The summed E-state index contributed by atoms with van der Waals surface area (Å²) in [4.78, 5) is 22.7. The van der Waals surface area contributed by atoms with Gasteiger partial charge in [0.25, 0.3) is 0 Å². The number of thiophene rings is 1. The molecule has 0 aliphatic carbocycles. The second-order valence-corrected chi connectivity index (χ2v) is 12.6. The molecule has 1 amide bonds. The number of nitrogens with one attached hydrogen (secondary N) is 1. The van der Waals surface area contributed by atoms with Crippen LogP contribution in [-0.2, 0) is 14.8 Å². The largest absolute Gasteiger partial charge is 0.325 e. The van der Waals surface area contributed by atoms with Crippen molar-refractivity contribution in [2.45, 2.75) is 48.6 Å². The Balaban J connectivity index is 1.26. The van der Waals surface area contributed by atoms with E-state index >= 15 is 0 Å². The minimum Gasteiger partial charge on any atom is -0.325 e. The van der Waals surface area contributed by atoms with Crippen LogP contribution >= 0.6 is 23.1 Å². The lowest BCUT2D eigenvalue weighted by atomic mass is 10.0. The molecule has 1 N–H and O–H groups in total. The third-order valence-corrected chi connectivity index (χ3v) is 10.4. The molecule has 1 atom stereocenters. The molecule has 5 rings (SSSR count). The molecular formula is C27H28N4O3S3. The van der Waals surface area contributed by atoms with Crippen LogP contribution in [0.4, 0.5) is 5.69 Å². The standard InChI is InChI=1S/C27H28N4O3S3/c1-2-21-10-6-7-15-31(21)37(33,34)22-13-11-20(12-14-22)30-24(32)17-36-27-25-23(19-8-4-3-5-9-19)16-35-26(25)28-18-29-27/h3-5,8-9,11-14,16,18,21H,2,6-7,10,15,17H2,1H3,(H,30,32). The minimum absolute atomic E-state index is 0.0500. The Hall–Kier alpha value is -2.79. The maximum Gasteiger partial charge on any atom is 0.243 e. The molecule has 2 aromatic carbocycles. The summed E-state index contributed by atoms with van der Waals surface area (Å²) >= 11 is 2.92. The first kappa shape index (κ1) is 25.8. The van der Waals surface area contributed by atoms with E-state index in [1.807, 2.05) is 37.3 Å². The van der Waals surface area contributed by atoms with Gasteiger partial charge in [-0.1, -0.05) is 55.4 Å². The van der Waals surface area contributed by atoms with Crippen molar-refractivity contribution in [1.29, 1.82) is 0 Å². The lowest BCUT2D eigenvalue weighted by Gasteiger charge is -2.34.